The third kappa shape index (κ3) is 9.08. The van der Waals surface area contributed by atoms with Crippen LogP contribution in [-0.2, 0) is 42.7 Å². The lowest BCUT2D eigenvalue weighted by atomic mass is 9.94. The lowest BCUT2D eigenvalue weighted by Crippen LogP contribution is -2.67. The molecule has 9 N–H and O–H groups in total. The van der Waals surface area contributed by atoms with Crippen LogP contribution in [0.1, 0.15) is 54.9 Å². The molecule has 18 heteroatoms. The predicted octanol–water partition coefficient (Wildman–Crippen LogP) is -3.63. The number of nitrogens with one attached hydrogen (secondary N) is 1. The summed E-state index contributed by atoms with van der Waals surface area (Å²) in [7, 11) is 1.28. The smallest absolute Gasteiger partial charge is 0.223 e. The van der Waals surface area contributed by atoms with E-state index in [2.05, 4.69) is 5.32 Å². The Kier molecular flexibility index (Phi) is 13.5. The molecule has 4 rings (SSSR count). The van der Waals surface area contributed by atoms with Gasteiger partial charge in [0.2, 0.25) is 5.91 Å². The molecule has 4 heterocycles. The Morgan fingerprint density at radius 3 is 1.51 bits per heavy atom. The number of rotatable bonds is 10. The van der Waals surface area contributed by atoms with E-state index < -0.39 is 134 Å². The summed E-state index contributed by atoms with van der Waals surface area (Å²) in [5.41, 5.74) is -1.29. The van der Waals surface area contributed by atoms with Gasteiger partial charge in [-0.3, -0.25) is 4.79 Å². The Morgan fingerprint density at radius 2 is 1.02 bits per heavy atom. The number of methoxy groups -OCH3 is 1. The van der Waals surface area contributed by atoms with Crippen molar-refractivity contribution in [2.24, 2.45) is 0 Å². The first-order valence-corrected chi connectivity index (χ1v) is 16.6. The van der Waals surface area contributed by atoms with Crippen molar-refractivity contribution in [3.05, 3.63) is 0 Å². The molecule has 0 aliphatic carbocycles. The number of hydrogen-bond donors (Lipinski definition) is 9. The summed E-state index contributed by atoms with van der Waals surface area (Å²) in [6.07, 6.45) is -24.5. The summed E-state index contributed by atoms with van der Waals surface area (Å²) in [4.78, 5) is 12.5. The quantitative estimate of drug-likeness (QED) is 0.106. The highest BCUT2D eigenvalue weighted by Crippen LogP contribution is 2.34. The largest absolute Gasteiger partial charge is 0.390 e. The van der Waals surface area contributed by atoms with Gasteiger partial charge in [0.15, 0.2) is 18.9 Å². The molecule has 0 spiro atoms. The van der Waals surface area contributed by atoms with E-state index in [9.17, 15) is 45.6 Å². The second kappa shape index (κ2) is 16.2. The number of ether oxygens (including phenoxy) is 8. The average Bonchev–Trinajstić information content (AvgIpc) is 3.00. The topological polar surface area (TPSA) is 265 Å². The summed E-state index contributed by atoms with van der Waals surface area (Å²) in [6.45, 7) is 10.7. The van der Waals surface area contributed by atoms with Crippen LogP contribution in [0.4, 0.5) is 0 Å². The van der Waals surface area contributed by atoms with Gasteiger partial charge in [-0.15, -0.1) is 0 Å². The average molecular weight is 714 g/mol. The molecule has 0 aromatic heterocycles. The first-order valence-electron chi connectivity index (χ1n) is 16.6. The van der Waals surface area contributed by atoms with Gasteiger partial charge in [-0.1, -0.05) is 0 Å². The second-order valence-corrected chi connectivity index (χ2v) is 14.2. The maximum atomic E-state index is 12.5. The van der Waals surface area contributed by atoms with E-state index in [0.717, 1.165) is 0 Å². The van der Waals surface area contributed by atoms with Gasteiger partial charge in [-0.25, -0.2) is 0 Å². The zero-order valence-electron chi connectivity index (χ0n) is 29.0. The zero-order chi connectivity index (χ0) is 36.7. The highest BCUT2D eigenvalue weighted by Gasteiger charge is 2.54. The lowest BCUT2D eigenvalue weighted by molar-refractivity contribution is -0.380. The monoisotopic (exact) mass is 713 g/mol. The predicted molar refractivity (Wildman–Crippen MR) is 163 cm³/mol. The van der Waals surface area contributed by atoms with Gasteiger partial charge in [-0.2, -0.15) is 0 Å². The molecule has 4 aliphatic heterocycles. The van der Waals surface area contributed by atoms with E-state index >= 15 is 0 Å². The summed E-state index contributed by atoms with van der Waals surface area (Å²) >= 11 is 0. The number of amides is 1. The molecule has 286 valence electrons. The summed E-state index contributed by atoms with van der Waals surface area (Å²) in [6, 6.07) is -0.955. The van der Waals surface area contributed by atoms with Gasteiger partial charge in [-0.05, 0) is 48.5 Å². The normalized spacial score (nSPS) is 49.8. The zero-order valence-corrected chi connectivity index (χ0v) is 29.0. The summed E-state index contributed by atoms with van der Waals surface area (Å²) in [5.74, 6) is -0.533. The number of aliphatic hydroxyl groups excluding tert-OH is 7. The molecule has 4 saturated heterocycles. The van der Waals surface area contributed by atoms with Crippen LogP contribution in [0.5, 0.6) is 0 Å². The third-order valence-electron chi connectivity index (χ3n) is 9.52. The molecule has 4 fully saturated rings. The summed E-state index contributed by atoms with van der Waals surface area (Å²) < 4.78 is 46.2. The third-order valence-corrected chi connectivity index (χ3v) is 9.52. The van der Waals surface area contributed by atoms with Gasteiger partial charge in [0.1, 0.15) is 67.1 Å². The highest BCUT2D eigenvalue weighted by molar-refractivity contribution is 5.77. The van der Waals surface area contributed by atoms with E-state index in [1.807, 2.05) is 0 Å². The molecule has 9 unspecified atom stereocenters. The van der Waals surface area contributed by atoms with Crippen LogP contribution in [0.25, 0.3) is 0 Å². The van der Waals surface area contributed by atoms with Crippen LogP contribution in [0.3, 0.4) is 0 Å². The standard InChI is InChI=1S/C31H55NO17/c1-10-16(32-15(33)9-31(6,7)41)20(37)27(42-8)30(44-10)49-26-19(36)13(4)46-29(23(26)40)48-25-18(35)12(3)45-28(22(25)39)47-24-14(5)43-11(2)17(34)21(24)38/h10-14,16-30,34-41H,9H2,1-8H3,(H,32,33)/t10?,11?,12?,13?,14?,16-,17+,18+,19+,20+,21+,22+,23?,24?,25+,26+,27?,28?,29+,30+/m1/s1. The fraction of sp³-hybridized carbons (Fsp3) is 0.968. The number of carbonyl (C=O) groups is 1. The number of carbonyl (C=O) groups excluding carboxylic acids is 1. The molecule has 0 aromatic rings. The van der Waals surface area contributed by atoms with Crippen molar-refractivity contribution in [3.8, 4) is 0 Å². The van der Waals surface area contributed by atoms with Crippen LogP contribution >= 0.6 is 0 Å². The van der Waals surface area contributed by atoms with Gasteiger partial charge in [0, 0.05) is 7.11 Å². The van der Waals surface area contributed by atoms with Crippen LogP contribution in [0.2, 0.25) is 0 Å². The maximum Gasteiger partial charge on any atom is 0.223 e. The van der Waals surface area contributed by atoms with Crippen molar-refractivity contribution in [1.29, 1.82) is 0 Å². The molecule has 18 nitrogen and oxygen atoms in total. The highest BCUT2D eigenvalue weighted by atomic mass is 16.8. The van der Waals surface area contributed by atoms with Crippen LogP contribution in [-0.4, -0.2) is 182 Å². The van der Waals surface area contributed by atoms with Crippen molar-refractivity contribution in [3.63, 3.8) is 0 Å². The van der Waals surface area contributed by atoms with Gasteiger partial charge in [0.05, 0.1) is 48.6 Å². The van der Waals surface area contributed by atoms with E-state index in [4.69, 9.17) is 37.9 Å². The minimum absolute atomic E-state index is 0.235. The molecule has 4 aliphatic rings. The maximum absolute atomic E-state index is 12.5. The number of aliphatic hydroxyl groups is 8. The molecule has 0 aromatic carbocycles. The van der Waals surface area contributed by atoms with Crippen LogP contribution in [0, 0.1) is 0 Å². The molecular weight excluding hydrogens is 658 g/mol. The number of hydrogen-bond acceptors (Lipinski definition) is 17. The Bertz CT molecular complexity index is 1080. The second-order valence-electron chi connectivity index (χ2n) is 14.2. The summed E-state index contributed by atoms with van der Waals surface area (Å²) in [5, 5.41) is 89.2. The fourth-order valence-corrected chi connectivity index (χ4v) is 6.65. The molecule has 49 heavy (non-hydrogen) atoms. The lowest BCUT2D eigenvalue weighted by Gasteiger charge is -2.49. The van der Waals surface area contributed by atoms with Gasteiger partial charge in [0.25, 0.3) is 0 Å². The van der Waals surface area contributed by atoms with Crippen molar-refractivity contribution in [1.82, 2.24) is 5.32 Å². The molecular formula is C31H55NO17. The van der Waals surface area contributed by atoms with E-state index in [-0.39, 0.29) is 6.42 Å². The van der Waals surface area contributed by atoms with E-state index in [0.29, 0.717) is 0 Å². The SMILES string of the molecule is COC1[C@H](O[C@@H]2C(O)[C@H](O[C@@H]3[C@H](O)C(OC4C(C)OC(C)[C@H](O)[C@@H]4O)OC(C)[C@@H]3O)OC(C)[C@@H]2O)OC(C)[C@@H](NC(=O)CC(C)(C)O)[C@@H]1O. The Morgan fingerprint density at radius 1 is 0.571 bits per heavy atom. The Hall–Kier alpha value is -1.17. The molecule has 1 amide bonds. The molecule has 20 atom stereocenters. The first kappa shape index (κ1) is 40.6. The van der Waals surface area contributed by atoms with Crippen molar-refractivity contribution < 1.29 is 83.5 Å². The Balaban J connectivity index is 1.46. The van der Waals surface area contributed by atoms with E-state index in [1.165, 1.54) is 34.8 Å². The first-order chi connectivity index (χ1) is 22.7. The molecule has 0 radical (unpaired) electrons. The minimum atomic E-state index is -1.74. The molecule has 0 saturated carbocycles. The van der Waals surface area contributed by atoms with E-state index in [1.54, 1.807) is 20.8 Å². The fourth-order valence-electron chi connectivity index (χ4n) is 6.65. The van der Waals surface area contributed by atoms with Crippen molar-refractivity contribution >= 4 is 5.91 Å². The van der Waals surface area contributed by atoms with Crippen molar-refractivity contribution in [2.45, 2.75) is 183 Å². The van der Waals surface area contributed by atoms with Crippen LogP contribution < -0.4 is 5.32 Å². The van der Waals surface area contributed by atoms with Crippen LogP contribution in [0.15, 0.2) is 0 Å². The van der Waals surface area contributed by atoms with Gasteiger partial charge < -0.3 is 84.1 Å². The van der Waals surface area contributed by atoms with Crippen molar-refractivity contribution in [2.75, 3.05) is 7.11 Å². The Labute approximate surface area is 285 Å². The molecule has 0 bridgehead atoms. The minimum Gasteiger partial charge on any atom is -0.390 e. The van der Waals surface area contributed by atoms with Gasteiger partial charge >= 0.3 is 0 Å².